The van der Waals surface area contributed by atoms with Crippen LogP contribution in [0, 0.1) is 0 Å². The second-order valence-corrected chi connectivity index (χ2v) is 22.1. The molecule has 2 aliphatic heterocycles. The Morgan fingerprint density at radius 3 is 1.14 bits per heavy atom. The Labute approximate surface area is 400 Å². The maximum Gasteiger partial charge on any atom is 0.301 e. The van der Waals surface area contributed by atoms with Crippen LogP contribution >= 0.6 is 14.9 Å². The highest BCUT2D eigenvalue weighted by molar-refractivity contribution is 7.76. The number of nitrogens with zero attached hydrogens (tertiary/aromatic N) is 4. The van der Waals surface area contributed by atoms with E-state index in [0.717, 1.165) is 100 Å². The van der Waals surface area contributed by atoms with Gasteiger partial charge in [0, 0.05) is 33.5 Å². The summed E-state index contributed by atoms with van der Waals surface area (Å²) in [5, 5.41) is 3.43. The van der Waals surface area contributed by atoms with Gasteiger partial charge >= 0.3 is 14.9 Å². The smallest absolute Gasteiger partial charge is 0.301 e. The summed E-state index contributed by atoms with van der Waals surface area (Å²) in [5.74, 6) is 0. The van der Waals surface area contributed by atoms with E-state index < -0.39 is 14.9 Å². The number of furan rings is 1. The van der Waals surface area contributed by atoms with Gasteiger partial charge in [-0.25, -0.2) is 0 Å². The van der Waals surface area contributed by atoms with Crippen LogP contribution in [0.1, 0.15) is 0 Å². The average Bonchev–Trinajstić information content (AvgIpc) is 4.02. The molecule has 3 heterocycles. The summed E-state index contributed by atoms with van der Waals surface area (Å²) < 4.78 is 47.3. The standard InChI is InChI=1S/C60H42N4O3P2/c65-68(50-28-15-5-16-29-50)61(46-20-7-1-8-21-46)54-37-34-44(41-56(54)63(68)48-24-11-3-12-25-48)43-36-39-58-53(40-43)60-52(32-19-33-59(60)67-58)45-35-38-55-57(42-45)64(49-26-13-4-14-27-49)69(66,51-30-17-6-18-31-51)62(55)47-22-9-2-10-23-47/h1-42H. The van der Waals surface area contributed by atoms with Gasteiger partial charge in [0.1, 0.15) is 11.2 Å². The van der Waals surface area contributed by atoms with Crippen molar-refractivity contribution < 1.29 is 13.5 Å². The second kappa shape index (κ2) is 16.2. The van der Waals surface area contributed by atoms with Crippen molar-refractivity contribution >= 4 is 92.9 Å². The normalized spacial score (nSPS) is 17.4. The van der Waals surface area contributed by atoms with Crippen LogP contribution in [0.3, 0.4) is 0 Å². The third kappa shape index (κ3) is 6.36. The molecule has 10 aromatic carbocycles. The molecule has 0 fully saturated rings. The predicted molar refractivity (Wildman–Crippen MR) is 286 cm³/mol. The first-order valence-electron chi connectivity index (χ1n) is 23.0. The van der Waals surface area contributed by atoms with E-state index in [1.54, 1.807) is 0 Å². The third-order valence-electron chi connectivity index (χ3n) is 13.3. The second-order valence-electron chi connectivity index (χ2n) is 17.2. The Bertz CT molecular complexity index is 3820. The van der Waals surface area contributed by atoms with Crippen molar-refractivity contribution in [2.45, 2.75) is 0 Å². The molecule has 0 amide bonds. The van der Waals surface area contributed by atoms with E-state index in [9.17, 15) is 0 Å². The van der Waals surface area contributed by atoms with Gasteiger partial charge in [0.25, 0.3) is 0 Å². The zero-order valence-corrected chi connectivity index (χ0v) is 38.9. The Morgan fingerprint density at radius 1 is 0.304 bits per heavy atom. The Morgan fingerprint density at radius 2 is 0.681 bits per heavy atom. The number of fused-ring (bicyclic) bond motifs is 5. The van der Waals surface area contributed by atoms with E-state index in [0.29, 0.717) is 0 Å². The lowest BCUT2D eigenvalue weighted by molar-refractivity contribution is 0.581. The molecule has 69 heavy (non-hydrogen) atoms. The van der Waals surface area contributed by atoms with Gasteiger partial charge in [-0.15, -0.1) is 0 Å². The van der Waals surface area contributed by atoms with Crippen LogP contribution in [0.15, 0.2) is 259 Å². The van der Waals surface area contributed by atoms with Crippen molar-refractivity contribution in [2.24, 2.45) is 0 Å². The fourth-order valence-electron chi connectivity index (χ4n) is 10.3. The third-order valence-corrected chi connectivity index (χ3v) is 19.2. The highest BCUT2D eigenvalue weighted by Gasteiger charge is 2.50. The zero-order chi connectivity index (χ0) is 46.1. The molecule has 0 saturated heterocycles. The Hall–Kier alpha value is -8.34. The first kappa shape index (κ1) is 40.9. The molecular formula is C60H42N4O3P2. The van der Waals surface area contributed by atoms with Crippen molar-refractivity contribution in [3.63, 3.8) is 0 Å². The molecular weight excluding hydrogens is 887 g/mol. The highest BCUT2D eigenvalue weighted by Crippen LogP contribution is 2.71. The van der Waals surface area contributed by atoms with E-state index in [2.05, 4.69) is 60.7 Å². The topological polar surface area (TPSA) is 60.2 Å². The maximum absolute atomic E-state index is 16.3. The van der Waals surface area contributed by atoms with Gasteiger partial charge in [-0.05, 0) is 138 Å². The molecule has 0 radical (unpaired) electrons. The van der Waals surface area contributed by atoms with Crippen molar-refractivity contribution in [3.05, 3.63) is 255 Å². The minimum absolute atomic E-state index is 0.736. The molecule has 0 N–H and O–H groups in total. The van der Waals surface area contributed by atoms with Crippen molar-refractivity contribution in [3.8, 4) is 22.3 Å². The molecule has 2 unspecified atom stereocenters. The summed E-state index contributed by atoms with van der Waals surface area (Å²) >= 11 is 0. The van der Waals surface area contributed by atoms with Crippen LogP contribution in [0.5, 0.6) is 0 Å². The van der Waals surface area contributed by atoms with Gasteiger partial charge in [0.2, 0.25) is 0 Å². The SMILES string of the molecule is O=P1(c2ccccc2)N(c2ccccc2)c2ccc(-c3ccc4oc5cccc(-c6ccc7c(c6)N(c6ccccc6)P(=O)(c6ccccc6)N7c6ccccc6)c5c4c3)cc2N1c1ccccc1. The quantitative estimate of drug-likeness (QED) is 0.141. The maximum atomic E-state index is 16.3. The van der Waals surface area contributed by atoms with Crippen LogP contribution in [0.2, 0.25) is 0 Å². The highest BCUT2D eigenvalue weighted by atomic mass is 31.2. The van der Waals surface area contributed by atoms with Crippen molar-refractivity contribution in [2.75, 3.05) is 18.7 Å². The first-order valence-corrected chi connectivity index (χ1v) is 26.2. The summed E-state index contributed by atoms with van der Waals surface area (Å²) in [6.45, 7) is 0. The van der Waals surface area contributed by atoms with E-state index in [1.807, 2.05) is 213 Å². The molecule has 2 aliphatic rings. The number of para-hydroxylation sites is 4. The van der Waals surface area contributed by atoms with Gasteiger partial charge in [0.15, 0.2) is 0 Å². The number of rotatable bonds is 8. The van der Waals surface area contributed by atoms with Gasteiger partial charge in [-0.3, -0.25) is 27.8 Å². The summed E-state index contributed by atoms with van der Waals surface area (Å²) in [6, 6.07) is 85.2. The molecule has 0 spiro atoms. The average molecular weight is 929 g/mol. The predicted octanol–water partition coefficient (Wildman–Crippen LogP) is 16.5. The van der Waals surface area contributed by atoms with Crippen LogP contribution in [0.4, 0.5) is 45.5 Å². The first-order chi connectivity index (χ1) is 34.0. The summed E-state index contributed by atoms with van der Waals surface area (Å²) in [7, 11) is -7.08. The molecule has 0 bridgehead atoms. The molecule has 330 valence electrons. The van der Waals surface area contributed by atoms with Crippen LogP contribution in [-0.2, 0) is 9.13 Å². The molecule has 11 aromatic rings. The van der Waals surface area contributed by atoms with Crippen molar-refractivity contribution in [1.29, 1.82) is 0 Å². The Balaban J connectivity index is 0.979. The van der Waals surface area contributed by atoms with E-state index in [4.69, 9.17) is 4.42 Å². The number of hydrogen-bond donors (Lipinski definition) is 0. The summed E-state index contributed by atoms with van der Waals surface area (Å²) in [6.07, 6.45) is 0. The van der Waals surface area contributed by atoms with Gasteiger partial charge in [0.05, 0.1) is 33.4 Å². The molecule has 1 aromatic heterocycles. The van der Waals surface area contributed by atoms with Crippen LogP contribution in [-0.4, -0.2) is 0 Å². The number of benzene rings is 10. The van der Waals surface area contributed by atoms with Gasteiger partial charge < -0.3 is 4.42 Å². The zero-order valence-electron chi connectivity index (χ0n) is 37.2. The lowest BCUT2D eigenvalue weighted by Gasteiger charge is -2.33. The number of anilines is 8. The summed E-state index contributed by atoms with van der Waals surface area (Å²) in [4.78, 5) is 0. The van der Waals surface area contributed by atoms with Crippen LogP contribution < -0.4 is 29.3 Å². The number of hydrogen-bond acceptors (Lipinski definition) is 3. The van der Waals surface area contributed by atoms with Gasteiger partial charge in [-0.1, -0.05) is 140 Å². The minimum atomic E-state index is -3.55. The van der Waals surface area contributed by atoms with E-state index in [-0.39, 0.29) is 0 Å². The molecule has 13 rings (SSSR count). The van der Waals surface area contributed by atoms with Gasteiger partial charge in [-0.2, -0.15) is 0 Å². The van der Waals surface area contributed by atoms with Crippen LogP contribution in [0.25, 0.3) is 44.2 Å². The summed E-state index contributed by atoms with van der Waals surface area (Å²) in [5.41, 5.74) is 12.3. The molecule has 2 atom stereocenters. The molecule has 0 aliphatic carbocycles. The molecule has 9 heteroatoms. The van der Waals surface area contributed by atoms with E-state index in [1.165, 1.54) is 0 Å². The lowest BCUT2D eigenvalue weighted by atomic mass is 9.96. The lowest BCUT2D eigenvalue weighted by Crippen LogP contribution is -2.26. The fraction of sp³-hybridized carbons (Fsp3) is 0. The minimum Gasteiger partial charge on any atom is -0.456 e. The molecule has 0 saturated carbocycles. The van der Waals surface area contributed by atoms with E-state index >= 15 is 9.13 Å². The Kier molecular flexibility index (Phi) is 9.59. The monoisotopic (exact) mass is 928 g/mol. The van der Waals surface area contributed by atoms with Crippen molar-refractivity contribution in [1.82, 2.24) is 0 Å². The fourth-order valence-corrected chi connectivity index (χ4v) is 16.3. The molecule has 7 nitrogen and oxygen atoms in total. The largest absolute Gasteiger partial charge is 0.456 e.